The van der Waals surface area contributed by atoms with E-state index in [2.05, 4.69) is 5.32 Å². The van der Waals surface area contributed by atoms with Gasteiger partial charge in [-0.1, -0.05) is 36.4 Å². The smallest absolute Gasteiger partial charge is 0.253 e. The second-order valence-electron chi connectivity index (χ2n) is 7.74. The zero-order valence-electron chi connectivity index (χ0n) is 17.8. The maximum Gasteiger partial charge on any atom is 0.253 e. The molecule has 10 heteroatoms. The summed E-state index contributed by atoms with van der Waals surface area (Å²) in [5.74, 6) is -4.17. The van der Waals surface area contributed by atoms with Crippen LogP contribution >= 0.6 is 11.8 Å². The number of nitrogens with zero attached hydrogens (tertiary/aromatic N) is 1. The van der Waals surface area contributed by atoms with Crippen LogP contribution in [0.3, 0.4) is 0 Å². The Balaban J connectivity index is 1.75. The number of amides is 3. The summed E-state index contributed by atoms with van der Waals surface area (Å²) in [6.07, 6.45) is 0.178. The Hall–Kier alpha value is -2.98. The zero-order valence-corrected chi connectivity index (χ0v) is 18.6. The van der Waals surface area contributed by atoms with E-state index < -0.39 is 52.8 Å². The maximum atomic E-state index is 13.9. The van der Waals surface area contributed by atoms with E-state index >= 15 is 0 Å². The third-order valence-electron chi connectivity index (χ3n) is 5.53. The van der Waals surface area contributed by atoms with Crippen molar-refractivity contribution >= 4 is 29.5 Å². The first-order valence-corrected chi connectivity index (χ1v) is 11.1. The summed E-state index contributed by atoms with van der Waals surface area (Å²) in [4.78, 5) is 39.2. The predicted octanol–water partition coefficient (Wildman–Crippen LogP) is 1.53. The van der Waals surface area contributed by atoms with E-state index in [4.69, 9.17) is 5.73 Å². The molecule has 0 saturated carbocycles. The van der Waals surface area contributed by atoms with Crippen LogP contribution in [-0.4, -0.2) is 50.5 Å². The van der Waals surface area contributed by atoms with Crippen molar-refractivity contribution in [3.63, 3.8) is 0 Å². The highest BCUT2D eigenvalue weighted by Gasteiger charge is 2.55. The van der Waals surface area contributed by atoms with E-state index in [1.54, 1.807) is 0 Å². The monoisotopic (exact) mass is 476 g/mol. The van der Waals surface area contributed by atoms with Crippen molar-refractivity contribution in [2.75, 3.05) is 5.88 Å². The summed E-state index contributed by atoms with van der Waals surface area (Å²) in [6, 6.07) is 11.1. The number of thioether (sulfide) groups is 1. The molecule has 1 saturated heterocycles. The van der Waals surface area contributed by atoms with Crippen molar-refractivity contribution in [2.45, 2.75) is 36.8 Å². The number of benzene rings is 2. The van der Waals surface area contributed by atoms with Gasteiger partial charge in [-0.2, -0.15) is 0 Å². The second-order valence-corrected chi connectivity index (χ2v) is 9.14. The molecule has 0 bridgehead atoms. The third-order valence-corrected chi connectivity index (χ3v) is 6.96. The lowest BCUT2D eigenvalue weighted by Crippen LogP contribution is -2.59. The van der Waals surface area contributed by atoms with Gasteiger partial charge in [0.2, 0.25) is 11.8 Å². The van der Waals surface area contributed by atoms with E-state index in [9.17, 15) is 28.3 Å². The third kappa shape index (κ3) is 5.33. The van der Waals surface area contributed by atoms with Gasteiger partial charge >= 0.3 is 0 Å². The lowest BCUT2D eigenvalue weighted by Gasteiger charge is -2.31. The Kier molecular flexibility index (Phi) is 7.70. The van der Waals surface area contributed by atoms with Crippen LogP contribution in [0.5, 0.6) is 0 Å². The summed E-state index contributed by atoms with van der Waals surface area (Å²) < 4.78 is 26.4. The quantitative estimate of drug-likeness (QED) is 0.535. The van der Waals surface area contributed by atoms with Crippen LogP contribution in [0.4, 0.5) is 8.78 Å². The first kappa shape index (κ1) is 24.7. The molecule has 2 aromatic carbocycles. The molecule has 3 amide bonds. The Morgan fingerprint density at radius 1 is 1.21 bits per heavy atom. The van der Waals surface area contributed by atoms with Crippen LogP contribution in [0.2, 0.25) is 0 Å². The van der Waals surface area contributed by atoms with Gasteiger partial charge in [0, 0.05) is 18.5 Å². The van der Waals surface area contributed by atoms with Gasteiger partial charge in [-0.15, -0.1) is 11.8 Å². The second kappa shape index (κ2) is 10.3. The number of hydrogen-bond donors (Lipinski definition) is 3. The van der Waals surface area contributed by atoms with Crippen molar-refractivity contribution in [3.8, 4) is 0 Å². The minimum absolute atomic E-state index is 0.0688. The SMILES string of the molecule is CC1(C(N)=O)SCN(C(=O)C(O)[CH]Cc2ccccc2)C1C(=O)NCc1c(F)cccc1F. The number of primary amides is 1. The summed E-state index contributed by atoms with van der Waals surface area (Å²) in [5.41, 5.74) is 6.04. The summed E-state index contributed by atoms with van der Waals surface area (Å²) >= 11 is 0.982. The van der Waals surface area contributed by atoms with Crippen LogP contribution in [0.15, 0.2) is 48.5 Å². The number of halogens is 2. The Labute approximate surface area is 194 Å². The number of carbonyl (C=O) groups excluding carboxylic acids is 3. The molecule has 3 unspecified atom stereocenters. The van der Waals surface area contributed by atoms with E-state index in [0.29, 0.717) is 6.42 Å². The molecule has 1 radical (unpaired) electrons. The number of aliphatic hydroxyl groups excluding tert-OH is 1. The van der Waals surface area contributed by atoms with Crippen molar-refractivity contribution in [1.29, 1.82) is 0 Å². The molecule has 175 valence electrons. The fourth-order valence-electron chi connectivity index (χ4n) is 3.55. The van der Waals surface area contributed by atoms with Crippen LogP contribution in [-0.2, 0) is 27.3 Å². The average molecular weight is 477 g/mol. The molecular formula is C23H24F2N3O4S. The van der Waals surface area contributed by atoms with Crippen molar-refractivity contribution < 1.29 is 28.3 Å². The van der Waals surface area contributed by atoms with E-state index in [1.807, 2.05) is 30.3 Å². The van der Waals surface area contributed by atoms with Gasteiger partial charge in [0.1, 0.15) is 28.5 Å². The number of nitrogens with two attached hydrogens (primary N) is 1. The van der Waals surface area contributed by atoms with Crippen LogP contribution in [0.1, 0.15) is 18.1 Å². The largest absolute Gasteiger partial charge is 0.383 e. The average Bonchev–Trinajstić information content (AvgIpc) is 3.16. The van der Waals surface area contributed by atoms with Gasteiger partial charge in [-0.25, -0.2) is 8.78 Å². The number of nitrogens with one attached hydrogen (secondary N) is 1. The van der Waals surface area contributed by atoms with Gasteiger partial charge in [0.25, 0.3) is 5.91 Å². The normalized spacial score (nSPS) is 21.0. The number of aliphatic hydroxyl groups is 1. The number of hydrogen-bond acceptors (Lipinski definition) is 5. The van der Waals surface area contributed by atoms with Crippen molar-refractivity contribution in [2.24, 2.45) is 5.73 Å². The molecule has 1 aliphatic heterocycles. The Morgan fingerprint density at radius 3 is 2.45 bits per heavy atom. The lowest BCUT2D eigenvalue weighted by molar-refractivity contribution is -0.146. The highest BCUT2D eigenvalue weighted by atomic mass is 32.2. The molecule has 7 nitrogen and oxygen atoms in total. The highest BCUT2D eigenvalue weighted by Crippen LogP contribution is 2.40. The molecule has 0 aliphatic carbocycles. The Bertz CT molecular complexity index is 1020. The van der Waals surface area contributed by atoms with Gasteiger partial charge in [0.15, 0.2) is 0 Å². The fourth-order valence-corrected chi connectivity index (χ4v) is 4.77. The minimum atomic E-state index is -1.53. The fraction of sp³-hybridized carbons (Fsp3) is 0.304. The van der Waals surface area contributed by atoms with Crippen molar-refractivity contribution in [3.05, 3.63) is 77.7 Å². The lowest BCUT2D eigenvalue weighted by atomic mass is 9.96. The first-order chi connectivity index (χ1) is 15.6. The van der Waals surface area contributed by atoms with Crippen LogP contribution in [0.25, 0.3) is 0 Å². The van der Waals surface area contributed by atoms with E-state index in [1.165, 1.54) is 19.4 Å². The zero-order chi connectivity index (χ0) is 24.2. The maximum absolute atomic E-state index is 13.9. The molecule has 3 rings (SSSR count). The topological polar surface area (TPSA) is 113 Å². The highest BCUT2D eigenvalue weighted by molar-refractivity contribution is 8.01. The summed E-state index contributed by atoms with van der Waals surface area (Å²) in [6.45, 7) is 0.930. The molecular weight excluding hydrogens is 452 g/mol. The van der Waals surface area contributed by atoms with Gasteiger partial charge < -0.3 is 21.1 Å². The molecule has 4 N–H and O–H groups in total. The number of carbonyl (C=O) groups is 3. The molecule has 1 fully saturated rings. The number of rotatable bonds is 8. The molecule has 0 aromatic heterocycles. The molecule has 2 aromatic rings. The van der Waals surface area contributed by atoms with Crippen molar-refractivity contribution in [1.82, 2.24) is 10.2 Å². The van der Waals surface area contributed by atoms with Gasteiger partial charge in [-0.05, 0) is 31.0 Å². The molecule has 3 atom stereocenters. The minimum Gasteiger partial charge on any atom is -0.383 e. The van der Waals surface area contributed by atoms with E-state index in [0.717, 1.165) is 34.4 Å². The van der Waals surface area contributed by atoms with Crippen LogP contribution in [0, 0.1) is 18.1 Å². The molecule has 1 aliphatic rings. The predicted molar refractivity (Wildman–Crippen MR) is 119 cm³/mol. The van der Waals surface area contributed by atoms with Crippen LogP contribution < -0.4 is 11.1 Å². The molecule has 1 heterocycles. The summed E-state index contributed by atoms with van der Waals surface area (Å²) in [5, 5.41) is 12.8. The molecule has 0 spiro atoms. The van der Waals surface area contributed by atoms with Gasteiger partial charge in [-0.3, -0.25) is 14.4 Å². The van der Waals surface area contributed by atoms with Gasteiger partial charge in [0.05, 0.1) is 5.88 Å². The van der Waals surface area contributed by atoms with E-state index in [-0.39, 0.29) is 11.4 Å². The summed E-state index contributed by atoms with van der Waals surface area (Å²) in [7, 11) is 0. The Morgan fingerprint density at radius 2 is 1.85 bits per heavy atom. The molecule has 33 heavy (non-hydrogen) atoms. The standard InChI is InChI=1S/C23H24F2N3O4S/c1-23(22(26)32)19(20(30)27-12-15-16(24)8-5-9-17(15)25)28(13-33-23)21(31)18(29)11-10-14-6-3-2-4-7-14/h2-9,11,18-19,29H,10,12-13H2,1H3,(H2,26,32)(H,27,30). The first-order valence-electron chi connectivity index (χ1n) is 10.2.